The minimum absolute atomic E-state index is 0. The lowest BCUT2D eigenvalue weighted by atomic mass is 9.86. The predicted octanol–water partition coefficient (Wildman–Crippen LogP) is 8.76. The Bertz CT molecular complexity index is 3190. The number of benzene rings is 2. The van der Waals surface area contributed by atoms with Crippen LogP contribution in [-0.4, -0.2) is 127 Å². The number of carbonyl (C=O) groups is 2. The lowest BCUT2D eigenvalue weighted by Gasteiger charge is -2.34. The molecule has 2 N–H and O–H groups in total. The molecule has 0 aliphatic carbocycles. The lowest BCUT2D eigenvalue weighted by Crippen LogP contribution is -2.52. The second-order valence-corrected chi connectivity index (χ2v) is 19.1. The van der Waals surface area contributed by atoms with E-state index in [0.29, 0.717) is 65.3 Å². The van der Waals surface area contributed by atoms with Crippen LogP contribution in [-0.2, 0) is 25.2 Å². The normalized spacial score (nSPS) is 14.3. The molecule has 2 amide bonds. The van der Waals surface area contributed by atoms with Crippen molar-refractivity contribution >= 4 is 11.8 Å². The third kappa shape index (κ3) is 11.6. The molecular weight excluding hydrogens is 921 g/mol. The van der Waals surface area contributed by atoms with Crippen molar-refractivity contribution in [2.45, 2.75) is 52.4 Å². The summed E-state index contributed by atoms with van der Waals surface area (Å²) in [6.45, 7) is 19.1. The first-order chi connectivity index (χ1) is 35.3. The molecule has 17 nitrogen and oxygen atoms in total. The number of hydrogen-bond acceptors (Lipinski definition) is 15. The molecule has 0 radical (unpaired) electrons. The summed E-state index contributed by atoms with van der Waals surface area (Å²) in [7, 11) is 0. The first kappa shape index (κ1) is 50.1. The van der Waals surface area contributed by atoms with Gasteiger partial charge in [0.1, 0.15) is 22.8 Å². The highest BCUT2D eigenvalue weighted by atomic mass is 16.5. The topological polar surface area (TPSA) is 203 Å². The van der Waals surface area contributed by atoms with Gasteiger partial charge in [-0.05, 0) is 65.8 Å². The summed E-state index contributed by atoms with van der Waals surface area (Å²) in [4.78, 5) is 58.5. The van der Waals surface area contributed by atoms with E-state index in [0.717, 1.165) is 91.0 Å². The number of nitrogens with zero attached hydrogens (tertiary/aromatic N) is 10. The number of piperazine rings is 1. The van der Waals surface area contributed by atoms with E-state index in [1.54, 1.807) is 24.8 Å². The fourth-order valence-corrected chi connectivity index (χ4v) is 8.63. The highest BCUT2D eigenvalue weighted by Crippen LogP contribution is 2.33. The fraction of sp³-hybridized carbons (Fsp3) is 0.321. The van der Waals surface area contributed by atoms with Crippen LogP contribution in [0.15, 0.2) is 131 Å². The van der Waals surface area contributed by atoms with Gasteiger partial charge in [0.2, 0.25) is 11.8 Å². The molecule has 0 bridgehead atoms. The zero-order valence-corrected chi connectivity index (χ0v) is 42.1. The highest BCUT2D eigenvalue weighted by Gasteiger charge is 2.36. The zero-order chi connectivity index (χ0) is 51.0. The van der Waals surface area contributed by atoms with Gasteiger partial charge in [-0.1, -0.05) is 71.0 Å². The Morgan fingerprint density at radius 2 is 1.11 bits per heavy atom. The smallest absolute Gasteiger partial charge is 0.234 e. The molecule has 0 atom stereocenters. The van der Waals surface area contributed by atoms with Gasteiger partial charge >= 0.3 is 0 Å². The molecule has 2 fully saturated rings. The van der Waals surface area contributed by atoms with Crippen molar-refractivity contribution in [3.8, 4) is 67.9 Å². The van der Waals surface area contributed by atoms with Gasteiger partial charge in [-0.2, -0.15) is 0 Å². The van der Waals surface area contributed by atoms with E-state index in [1.165, 1.54) is 0 Å². The minimum Gasteiger partial charge on any atom is -0.379 e. The number of hydrogen-bond donors (Lipinski definition) is 2. The van der Waals surface area contributed by atoms with Crippen LogP contribution in [0.3, 0.4) is 0 Å². The average molecular weight is 989 g/mol. The molecule has 73 heavy (non-hydrogen) atoms. The van der Waals surface area contributed by atoms with Crippen molar-refractivity contribution < 1.29 is 29.1 Å². The largest absolute Gasteiger partial charge is 0.379 e. The van der Waals surface area contributed by atoms with Gasteiger partial charge in [-0.3, -0.25) is 34.4 Å². The van der Waals surface area contributed by atoms with Gasteiger partial charge < -0.3 is 29.3 Å². The Hall–Kier alpha value is -7.86. The Labute approximate surface area is 430 Å². The number of amides is 2. The third-order valence-corrected chi connectivity index (χ3v) is 13.3. The third-order valence-electron chi connectivity index (χ3n) is 13.3. The molecule has 2 aliphatic heterocycles. The molecule has 0 saturated carbocycles. The maximum Gasteiger partial charge on any atom is 0.234 e. The summed E-state index contributed by atoms with van der Waals surface area (Å²) in [5, 5.41) is 14.8. The molecule has 0 unspecified atom stereocenters. The Morgan fingerprint density at radius 3 is 1.62 bits per heavy atom. The Balaban J connectivity index is 0.000000271. The number of aryl methyl sites for hydroxylation is 2. The summed E-state index contributed by atoms with van der Waals surface area (Å²) in [6.07, 6.45) is 6.89. The lowest BCUT2D eigenvalue weighted by molar-refractivity contribution is -0.137. The molecule has 6 aromatic heterocycles. The molecule has 2 aliphatic rings. The van der Waals surface area contributed by atoms with Crippen LogP contribution >= 0.6 is 0 Å². The van der Waals surface area contributed by atoms with Crippen molar-refractivity contribution in [2.24, 2.45) is 0 Å². The summed E-state index contributed by atoms with van der Waals surface area (Å²) in [5.74, 6) is 1.11. The van der Waals surface area contributed by atoms with Crippen molar-refractivity contribution in [1.29, 1.82) is 0 Å². The maximum atomic E-state index is 13.3. The number of carbonyl (C=O) groups excluding carboxylic acids is 2. The monoisotopic (exact) mass is 989 g/mol. The van der Waals surface area contributed by atoms with Crippen LogP contribution in [0.25, 0.3) is 67.9 Å². The molecule has 2 saturated heterocycles. The zero-order valence-electron chi connectivity index (χ0n) is 42.1. The SMILES string of the molecule is Cc1ncc(-c2ccnc(C(C)(C)C(=O)N3CCNCC3)c2)nc1-c1cc(-c2ccccc2)no1.Cc1ncc(-c2ccnc(C(C)(C)C(=O)NCCN3CCOCC3)c2)nc1-c1cc(-c2ccccc2)no1.[HH].[HH].[HH].[HH]. The quantitative estimate of drug-likeness (QED) is 0.111. The van der Waals surface area contributed by atoms with Crippen LogP contribution in [0.5, 0.6) is 0 Å². The number of rotatable bonds is 13. The van der Waals surface area contributed by atoms with Gasteiger partial charge in [0.25, 0.3) is 0 Å². The minimum atomic E-state index is -0.822. The Kier molecular flexibility index (Phi) is 15.3. The van der Waals surface area contributed by atoms with Gasteiger partial charge in [-0.25, -0.2) is 9.97 Å². The molecule has 382 valence electrons. The van der Waals surface area contributed by atoms with E-state index in [4.69, 9.17) is 23.8 Å². The molecule has 0 spiro atoms. The van der Waals surface area contributed by atoms with Crippen molar-refractivity contribution in [3.05, 3.63) is 145 Å². The highest BCUT2D eigenvalue weighted by molar-refractivity contribution is 5.88. The molecule has 10 rings (SSSR count). The predicted molar refractivity (Wildman–Crippen MR) is 286 cm³/mol. The number of morpholine rings is 1. The summed E-state index contributed by atoms with van der Waals surface area (Å²) in [6, 6.07) is 31.0. The Morgan fingerprint density at radius 1 is 0.616 bits per heavy atom. The molecule has 2 aromatic carbocycles. The van der Waals surface area contributed by atoms with Crippen LogP contribution in [0, 0.1) is 13.8 Å². The maximum absolute atomic E-state index is 13.3. The average Bonchev–Trinajstić information content (AvgIpc) is 4.15. The van der Waals surface area contributed by atoms with Crippen LogP contribution in [0.4, 0.5) is 0 Å². The summed E-state index contributed by atoms with van der Waals surface area (Å²) < 4.78 is 16.7. The molecule has 8 heterocycles. The van der Waals surface area contributed by atoms with Gasteiger partial charge in [0.15, 0.2) is 11.5 Å². The standard InChI is InChI=1S/C29H32N6O3.C27H28N6O2.4H2/c1-20-27(25-18-23(34-38-25)21-7-5-4-6-8-21)33-24(19-32-20)22-9-10-30-26(17-22)29(2,3)28(36)31-11-12-35-13-15-37-16-14-35;1-18-25(23-16-21(32-35-23)19-7-5-4-6-8-19)31-22(17-30-18)20-9-10-29-24(15-20)27(2,3)26(34)33-13-11-28-12-14-33;;;;/h4-10,17-19H,11-16H2,1-3H3,(H,31,36);4-10,15-17,28H,11-14H2,1-3H3;4*1H. The van der Waals surface area contributed by atoms with Crippen molar-refractivity contribution in [2.75, 3.05) is 65.6 Å². The number of ether oxygens (including phenoxy) is 1. The summed E-state index contributed by atoms with van der Waals surface area (Å²) >= 11 is 0. The van der Waals surface area contributed by atoms with E-state index < -0.39 is 10.8 Å². The van der Waals surface area contributed by atoms with E-state index in [-0.39, 0.29) is 17.5 Å². The van der Waals surface area contributed by atoms with E-state index >= 15 is 0 Å². The summed E-state index contributed by atoms with van der Waals surface area (Å²) in [5.41, 5.74) is 8.93. The van der Waals surface area contributed by atoms with Crippen molar-refractivity contribution in [3.63, 3.8) is 0 Å². The van der Waals surface area contributed by atoms with Crippen LogP contribution < -0.4 is 10.6 Å². The molecule has 17 heteroatoms. The first-order valence-electron chi connectivity index (χ1n) is 24.6. The van der Waals surface area contributed by atoms with E-state index in [2.05, 4.69) is 45.8 Å². The van der Waals surface area contributed by atoms with Crippen LogP contribution in [0.2, 0.25) is 0 Å². The number of nitrogens with one attached hydrogen (secondary N) is 2. The second-order valence-electron chi connectivity index (χ2n) is 19.1. The van der Waals surface area contributed by atoms with E-state index in [1.807, 2.05) is 144 Å². The fourth-order valence-electron chi connectivity index (χ4n) is 8.63. The van der Waals surface area contributed by atoms with Crippen molar-refractivity contribution in [1.82, 2.24) is 60.7 Å². The van der Waals surface area contributed by atoms with Gasteiger partial charge in [0.05, 0.1) is 70.6 Å². The second kappa shape index (κ2) is 22.3. The first-order valence-corrected chi connectivity index (χ1v) is 24.6. The molecular formula is C56H68N12O5. The van der Waals surface area contributed by atoms with Gasteiger partial charge in [0, 0.05) is 105 Å². The molecule has 8 aromatic rings. The number of aromatic nitrogens is 8. The van der Waals surface area contributed by atoms with E-state index in [9.17, 15) is 9.59 Å². The van der Waals surface area contributed by atoms with Crippen LogP contribution in [0.1, 0.15) is 56.2 Å². The number of pyridine rings is 2. The van der Waals surface area contributed by atoms with Gasteiger partial charge in [-0.15, -0.1) is 0 Å².